The molecule has 1 aromatic heterocycles. The van der Waals surface area contributed by atoms with Crippen molar-refractivity contribution < 1.29 is 23.7 Å². The number of thiazole rings is 1. The smallest absolute Gasteiger partial charge is 0.252 e. The van der Waals surface area contributed by atoms with Crippen LogP contribution in [0.15, 0.2) is 42.5 Å². The topological polar surface area (TPSA) is 73.4 Å². The predicted molar refractivity (Wildman–Crippen MR) is 127 cm³/mol. The molecule has 5 rings (SSSR count). The number of nitrogens with zero attached hydrogens (tertiary/aromatic N) is 3. The minimum atomic E-state index is -0.119. The molecule has 0 spiro atoms. The molecule has 0 N–H and O–H groups in total. The van der Waals surface area contributed by atoms with E-state index >= 15 is 0 Å². The summed E-state index contributed by atoms with van der Waals surface area (Å²) in [7, 11) is 1.63. The Morgan fingerprint density at radius 3 is 2.88 bits per heavy atom. The summed E-state index contributed by atoms with van der Waals surface area (Å²) < 4.78 is 22.6. The van der Waals surface area contributed by atoms with Crippen molar-refractivity contribution in [2.75, 3.05) is 58.2 Å². The second-order valence-electron chi connectivity index (χ2n) is 7.72. The zero-order valence-corrected chi connectivity index (χ0v) is 19.2. The summed E-state index contributed by atoms with van der Waals surface area (Å²) in [5.74, 6) is 2.03. The Bertz CT molecular complexity index is 1170. The van der Waals surface area contributed by atoms with Gasteiger partial charge in [-0.05, 0) is 35.9 Å². The van der Waals surface area contributed by atoms with Crippen molar-refractivity contribution in [3.05, 3.63) is 48.0 Å². The van der Waals surface area contributed by atoms with Gasteiger partial charge >= 0.3 is 0 Å². The Hall–Kier alpha value is -3.14. The van der Waals surface area contributed by atoms with Gasteiger partial charge in [-0.2, -0.15) is 0 Å². The highest BCUT2D eigenvalue weighted by Crippen LogP contribution is 2.33. The number of benzene rings is 2. The second-order valence-corrected chi connectivity index (χ2v) is 8.73. The number of rotatable bonds is 7. The van der Waals surface area contributed by atoms with Crippen LogP contribution < -0.4 is 19.1 Å². The van der Waals surface area contributed by atoms with Crippen LogP contribution in [-0.2, 0) is 9.53 Å². The quantitative estimate of drug-likeness (QED) is 0.493. The molecule has 0 atom stereocenters. The predicted octanol–water partition coefficient (Wildman–Crippen LogP) is 3.41. The van der Waals surface area contributed by atoms with Gasteiger partial charge in [-0.15, -0.1) is 0 Å². The molecule has 2 aliphatic rings. The van der Waals surface area contributed by atoms with E-state index in [0.717, 1.165) is 60.1 Å². The minimum absolute atomic E-state index is 0.119. The fraction of sp³-hybridized carbons (Fsp3) is 0.333. The highest BCUT2D eigenvalue weighted by Gasteiger charge is 2.20. The van der Waals surface area contributed by atoms with Gasteiger partial charge in [0, 0.05) is 38.3 Å². The number of ether oxygens (including phenoxy) is 4. The molecule has 0 unspecified atom stereocenters. The van der Waals surface area contributed by atoms with Crippen molar-refractivity contribution in [3.8, 4) is 17.2 Å². The third-order valence-corrected chi connectivity index (χ3v) is 6.70. The summed E-state index contributed by atoms with van der Waals surface area (Å²) in [6.45, 7) is 4.70. The molecule has 2 aromatic carbocycles. The zero-order chi connectivity index (χ0) is 22.6. The molecule has 0 aliphatic carbocycles. The molecule has 1 amide bonds. The van der Waals surface area contributed by atoms with Crippen LogP contribution in [0.4, 0.5) is 5.13 Å². The first-order valence-corrected chi connectivity index (χ1v) is 11.7. The maximum absolute atomic E-state index is 13.3. The van der Waals surface area contributed by atoms with E-state index in [2.05, 4.69) is 4.90 Å². The van der Waals surface area contributed by atoms with Crippen LogP contribution in [0.25, 0.3) is 16.3 Å². The van der Waals surface area contributed by atoms with E-state index in [1.165, 1.54) is 11.3 Å². The first kappa shape index (κ1) is 21.7. The molecule has 172 valence electrons. The summed E-state index contributed by atoms with van der Waals surface area (Å²) in [5, 5.41) is 0.673. The number of fused-ring (bicyclic) bond motifs is 2. The number of hydrogen-bond donors (Lipinski definition) is 0. The number of carbonyl (C=O) groups excluding carboxylic acids is 1. The molecule has 0 saturated carbocycles. The Morgan fingerprint density at radius 1 is 1.18 bits per heavy atom. The summed E-state index contributed by atoms with van der Waals surface area (Å²) in [5.41, 5.74) is 1.69. The lowest BCUT2D eigenvalue weighted by Gasteiger charge is -2.28. The minimum Gasteiger partial charge on any atom is -0.497 e. The van der Waals surface area contributed by atoms with Gasteiger partial charge in [-0.25, -0.2) is 4.98 Å². The third kappa shape index (κ3) is 4.95. The Balaban J connectivity index is 1.38. The van der Waals surface area contributed by atoms with Crippen LogP contribution >= 0.6 is 11.3 Å². The first-order valence-electron chi connectivity index (χ1n) is 10.8. The Morgan fingerprint density at radius 2 is 2.03 bits per heavy atom. The van der Waals surface area contributed by atoms with Crippen LogP contribution in [0.3, 0.4) is 0 Å². The lowest BCUT2D eigenvalue weighted by atomic mass is 10.2. The van der Waals surface area contributed by atoms with Crippen molar-refractivity contribution in [1.29, 1.82) is 0 Å². The van der Waals surface area contributed by atoms with Crippen molar-refractivity contribution in [1.82, 2.24) is 9.88 Å². The molecule has 0 bridgehead atoms. The van der Waals surface area contributed by atoms with Gasteiger partial charge in [0.15, 0.2) is 16.6 Å². The van der Waals surface area contributed by atoms with E-state index < -0.39 is 0 Å². The molecule has 8 nitrogen and oxygen atoms in total. The van der Waals surface area contributed by atoms with E-state index in [9.17, 15) is 4.79 Å². The Kier molecular flexibility index (Phi) is 6.43. The fourth-order valence-electron chi connectivity index (χ4n) is 3.78. The molecular formula is C24H25N3O5S. The third-order valence-electron chi connectivity index (χ3n) is 5.64. The lowest BCUT2D eigenvalue weighted by Crippen LogP contribution is -2.42. The summed E-state index contributed by atoms with van der Waals surface area (Å²) in [6, 6.07) is 11.4. The van der Waals surface area contributed by atoms with E-state index in [-0.39, 0.29) is 12.7 Å². The number of carbonyl (C=O) groups is 1. The number of anilines is 1. The average Bonchev–Trinajstić information content (AvgIpc) is 3.49. The van der Waals surface area contributed by atoms with E-state index in [1.807, 2.05) is 36.4 Å². The zero-order valence-electron chi connectivity index (χ0n) is 18.4. The second kappa shape index (κ2) is 9.78. The van der Waals surface area contributed by atoms with E-state index in [4.69, 9.17) is 23.9 Å². The molecule has 2 aliphatic heterocycles. The summed E-state index contributed by atoms with van der Waals surface area (Å²) in [6.07, 6.45) is 3.38. The molecule has 1 fully saturated rings. The largest absolute Gasteiger partial charge is 0.497 e. The molecular weight excluding hydrogens is 442 g/mol. The van der Waals surface area contributed by atoms with Gasteiger partial charge in [-0.1, -0.05) is 17.4 Å². The fourth-order valence-corrected chi connectivity index (χ4v) is 4.76. The van der Waals surface area contributed by atoms with Crippen molar-refractivity contribution >= 4 is 38.7 Å². The van der Waals surface area contributed by atoms with Gasteiger partial charge in [0.1, 0.15) is 5.75 Å². The first-order chi connectivity index (χ1) is 16.2. The number of morpholine rings is 1. The molecule has 3 aromatic rings. The molecule has 1 saturated heterocycles. The standard InChI is InChI=1S/C24H25N3O5S/c1-29-18-4-6-22-19(15-18)25-24(33-22)27(9-8-26-10-12-30-13-11-26)23(28)7-3-17-2-5-20-21(14-17)32-16-31-20/h2-7,14-15H,8-13,16H2,1H3/b7-3+. The summed E-state index contributed by atoms with van der Waals surface area (Å²) in [4.78, 5) is 22.1. The van der Waals surface area contributed by atoms with Gasteiger partial charge in [0.2, 0.25) is 6.79 Å². The molecule has 9 heteroatoms. The summed E-state index contributed by atoms with van der Waals surface area (Å²) >= 11 is 1.50. The number of aromatic nitrogens is 1. The normalized spacial score (nSPS) is 15.9. The lowest BCUT2D eigenvalue weighted by molar-refractivity contribution is -0.114. The van der Waals surface area contributed by atoms with Crippen LogP contribution in [0.1, 0.15) is 5.56 Å². The molecule has 3 heterocycles. The SMILES string of the molecule is COc1ccc2sc(N(CCN3CCOCC3)C(=O)/C=C/c3ccc4c(c3)OCO4)nc2c1. The highest BCUT2D eigenvalue weighted by molar-refractivity contribution is 7.22. The van der Waals surface area contributed by atoms with Crippen LogP contribution in [0, 0.1) is 0 Å². The molecule has 0 radical (unpaired) electrons. The highest BCUT2D eigenvalue weighted by atomic mass is 32.1. The van der Waals surface area contributed by atoms with Gasteiger partial charge < -0.3 is 18.9 Å². The van der Waals surface area contributed by atoms with Gasteiger partial charge in [-0.3, -0.25) is 14.6 Å². The maximum atomic E-state index is 13.3. The Labute approximate surface area is 195 Å². The average molecular weight is 468 g/mol. The van der Waals surface area contributed by atoms with E-state index in [0.29, 0.717) is 17.4 Å². The molecule has 33 heavy (non-hydrogen) atoms. The van der Waals surface area contributed by atoms with E-state index in [1.54, 1.807) is 24.2 Å². The van der Waals surface area contributed by atoms with Crippen LogP contribution in [0.2, 0.25) is 0 Å². The monoisotopic (exact) mass is 467 g/mol. The van der Waals surface area contributed by atoms with Crippen LogP contribution in [-0.4, -0.2) is 69.1 Å². The van der Waals surface area contributed by atoms with Crippen molar-refractivity contribution in [2.45, 2.75) is 0 Å². The maximum Gasteiger partial charge on any atom is 0.252 e. The van der Waals surface area contributed by atoms with Crippen LogP contribution in [0.5, 0.6) is 17.2 Å². The number of methoxy groups -OCH3 is 1. The van der Waals surface area contributed by atoms with Crippen molar-refractivity contribution in [3.63, 3.8) is 0 Å². The van der Waals surface area contributed by atoms with Crippen molar-refractivity contribution in [2.24, 2.45) is 0 Å². The van der Waals surface area contributed by atoms with Gasteiger partial charge in [0.05, 0.1) is 30.5 Å². The number of hydrogen-bond acceptors (Lipinski definition) is 8. The van der Waals surface area contributed by atoms with Gasteiger partial charge in [0.25, 0.3) is 5.91 Å². The number of amides is 1.